The summed E-state index contributed by atoms with van der Waals surface area (Å²) in [6.45, 7) is 0.745. The average Bonchev–Trinajstić information content (AvgIpc) is 2.13. The van der Waals surface area contributed by atoms with E-state index in [2.05, 4.69) is 20.9 Å². The average molecular weight is 292 g/mol. The zero-order chi connectivity index (χ0) is 10.8. The fourth-order valence-electron chi connectivity index (χ4n) is 1.61. The maximum atomic E-state index is 5.78. The highest BCUT2D eigenvalue weighted by molar-refractivity contribution is 9.10. The first-order valence-corrected chi connectivity index (χ1v) is 6.04. The summed E-state index contributed by atoms with van der Waals surface area (Å²) in [5.74, 6) is 1.22. The van der Waals surface area contributed by atoms with Crippen molar-refractivity contribution in [2.24, 2.45) is 11.7 Å². The summed E-state index contributed by atoms with van der Waals surface area (Å²) in [7, 11) is 0. The molecule has 15 heavy (non-hydrogen) atoms. The van der Waals surface area contributed by atoms with Gasteiger partial charge in [-0.25, -0.2) is 4.98 Å². The molecule has 2 rings (SSSR count). The molecule has 5 heteroatoms. The summed E-state index contributed by atoms with van der Waals surface area (Å²) >= 11 is 9.15. The quantitative estimate of drug-likeness (QED) is 0.931. The standard InChI is InChI=1S/C10H12BrClN2O/c11-9-3-7(12)5-14-10(9)15-8-1-6(2-8)4-13/h3,5-6,8H,1-2,4,13H2. The SMILES string of the molecule is NCC1CC(Oc2ncc(Cl)cc2Br)C1. The van der Waals surface area contributed by atoms with Gasteiger partial charge < -0.3 is 10.5 Å². The zero-order valence-electron chi connectivity index (χ0n) is 8.12. The summed E-state index contributed by atoms with van der Waals surface area (Å²) in [6, 6.07) is 1.78. The van der Waals surface area contributed by atoms with Crippen molar-refractivity contribution in [1.82, 2.24) is 4.98 Å². The van der Waals surface area contributed by atoms with E-state index >= 15 is 0 Å². The van der Waals surface area contributed by atoms with Crippen molar-refractivity contribution in [2.45, 2.75) is 18.9 Å². The Bertz CT molecular complexity index is 355. The van der Waals surface area contributed by atoms with Crippen LogP contribution < -0.4 is 10.5 Å². The molecule has 0 saturated heterocycles. The van der Waals surface area contributed by atoms with Gasteiger partial charge in [0.2, 0.25) is 5.88 Å². The van der Waals surface area contributed by atoms with Crippen molar-refractivity contribution in [1.29, 1.82) is 0 Å². The fraction of sp³-hybridized carbons (Fsp3) is 0.500. The maximum absolute atomic E-state index is 5.78. The number of hydrogen-bond acceptors (Lipinski definition) is 3. The lowest BCUT2D eigenvalue weighted by Gasteiger charge is -2.34. The van der Waals surface area contributed by atoms with Gasteiger partial charge in [0, 0.05) is 6.20 Å². The molecule has 1 aromatic rings. The molecule has 0 spiro atoms. The van der Waals surface area contributed by atoms with Gasteiger partial charge in [-0.3, -0.25) is 0 Å². The van der Waals surface area contributed by atoms with E-state index in [1.165, 1.54) is 0 Å². The largest absolute Gasteiger partial charge is 0.474 e. The van der Waals surface area contributed by atoms with Crippen LogP contribution >= 0.6 is 27.5 Å². The molecular weight excluding hydrogens is 279 g/mol. The first kappa shape index (κ1) is 11.2. The van der Waals surface area contributed by atoms with Gasteiger partial charge in [0.15, 0.2) is 0 Å². The summed E-state index contributed by atoms with van der Waals surface area (Å²) < 4.78 is 6.49. The topological polar surface area (TPSA) is 48.1 Å². The summed E-state index contributed by atoms with van der Waals surface area (Å²) in [4.78, 5) is 4.12. The number of aromatic nitrogens is 1. The highest BCUT2D eigenvalue weighted by atomic mass is 79.9. The van der Waals surface area contributed by atoms with E-state index in [0.717, 1.165) is 23.9 Å². The van der Waals surface area contributed by atoms with Gasteiger partial charge in [0.05, 0.1) is 9.50 Å². The molecular formula is C10H12BrClN2O. The second kappa shape index (κ2) is 4.68. The smallest absolute Gasteiger partial charge is 0.228 e. The fourth-order valence-corrected chi connectivity index (χ4v) is 2.34. The third kappa shape index (κ3) is 2.62. The lowest BCUT2D eigenvalue weighted by molar-refractivity contribution is 0.0641. The van der Waals surface area contributed by atoms with Crippen molar-refractivity contribution in [3.05, 3.63) is 21.8 Å². The second-order valence-electron chi connectivity index (χ2n) is 3.75. The van der Waals surface area contributed by atoms with Crippen LogP contribution in [0, 0.1) is 5.92 Å². The Kier molecular flexibility index (Phi) is 3.49. The van der Waals surface area contributed by atoms with Gasteiger partial charge in [-0.2, -0.15) is 0 Å². The molecule has 0 amide bonds. The van der Waals surface area contributed by atoms with Crippen molar-refractivity contribution in [2.75, 3.05) is 6.54 Å². The Hall–Kier alpha value is -0.320. The molecule has 0 aromatic carbocycles. The van der Waals surface area contributed by atoms with E-state index in [4.69, 9.17) is 22.1 Å². The van der Waals surface area contributed by atoms with E-state index in [1.807, 2.05) is 0 Å². The van der Waals surface area contributed by atoms with Crippen molar-refractivity contribution >= 4 is 27.5 Å². The summed E-state index contributed by atoms with van der Waals surface area (Å²) in [5.41, 5.74) is 5.54. The van der Waals surface area contributed by atoms with Crippen LogP contribution in [-0.2, 0) is 0 Å². The Labute approximate surface area is 102 Å². The minimum Gasteiger partial charge on any atom is -0.474 e. The highest BCUT2D eigenvalue weighted by Gasteiger charge is 2.30. The molecule has 1 aliphatic carbocycles. The first-order chi connectivity index (χ1) is 7.19. The van der Waals surface area contributed by atoms with Gasteiger partial charge >= 0.3 is 0 Å². The van der Waals surface area contributed by atoms with Crippen LogP contribution in [0.25, 0.3) is 0 Å². The van der Waals surface area contributed by atoms with Crippen LogP contribution in [0.15, 0.2) is 16.7 Å². The minimum absolute atomic E-state index is 0.253. The van der Waals surface area contributed by atoms with Gasteiger partial charge in [-0.15, -0.1) is 0 Å². The van der Waals surface area contributed by atoms with Crippen molar-refractivity contribution in [3.63, 3.8) is 0 Å². The Morgan fingerprint density at radius 3 is 2.93 bits per heavy atom. The number of pyridine rings is 1. The molecule has 1 fully saturated rings. The molecule has 1 aliphatic rings. The Morgan fingerprint density at radius 1 is 1.60 bits per heavy atom. The highest BCUT2D eigenvalue weighted by Crippen LogP contribution is 2.33. The van der Waals surface area contributed by atoms with Crippen molar-refractivity contribution in [3.8, 4) is 5.88 Å². The Morgan fingerprint density at radius 2 is 2.33 bits per heavy atom. The van der Waals surface area contributed by atoms with Crippen molar-refractivity contribution < 1.29 is 4.74 Å². The van der Waals surface area contributed by atoms with Crippen LogP contribution in [0.1, 0.15) is 12.8 Å². The molecule has 1 saturated carbocycles. The molecule has 1 heterocycles. The normalized spacial score (nSPS) is 24.7. The third-order valence-electron chi connectivity index (χ3n) is 2.58. The van der Waals surface area contributed by atoms with Crippen LogP contribution in [0.2, 0.25) is 5.02 Å². The van der Waals surface area contributed by atoms with Gasteiger partial charge in [-0.1, -0.05) is 11.6 Å². The molecule has 0 aliphatic heterocycles. The molecule has 2 N–H and O–H groups in total. The molecule has 0 unspecified atom stereocenters. The predicted molar refractivity (Wildman–Crippen MR) is 63.1 cm³/mol. The summed E-state index contributed by atoms with van der Waals surface area (Å²) in [6.07, 6.45) is 3.88. The number of nitrogens with two attached hydrogens (primary N) is 1. The van der Waals surface area contributed by atoms with Crippen LogP contribution in [-0.4, -0.2) is 17.6 Å². The maximum Gasteiger partial charge on any atom is 0.228 e. The molecule has 3 nitrogen and oxygen atoms in total. The van der Waals surface area contributed by atoms with Crippen LogP contribution in [0.3, 0.4) is 0 Å². The Balaban J connectivity index is 1.94. The lowest BCUT2D eigenvalue weighted by atomic mass is 9.82. The van der Waals surface area contributed by atoms with E-state index in [9.17, 15) is 0 Å². The van der Waals surface area contributed by atoms with E-state index in [0.29, 0.717) is 16.8 Å². The zero-order valence-corrected chi connectivity index (χ0v) is 10.5. The molecule has 0 bridgehead atoms. The van der Waals surface area contributed by atoms with E-state index in [1.54, 1.807) is 12.3 Å². The van der Waals surface area contributed by atoms with Crippen LogP contribution in [0.4, 0.5) is 0 Å². The summed E-state index contributed by atoms with van der Waals surface area (Å²) in [5, 5.41) is 0.600. The number of halogens is 2. The van der Waals surface area contributed by atoms with Crippen LogP contribution in [0.5, 0.6) is 5.88 Å². The van der Waals surface area contributed by atoms with E-state index < -0.39 is 0 Å². The number of hydrogen-bond donors (Lipinski definition) is 1. The number of rotatable bonds is 3. The first-order valence-electron chi connectivity index (χ1n) is 4.87. The lowest BCUT2D eigenvalue weighted by Crippen LogP contribution is -2.37. The molecule has 82 valence electrons. The molecule has 0 atom stereocenters. The molecule has 1 aromatic heterocycles. The van der Waals surface area contributed by atoms with E-state index in [-0.39, 0.29) is 6.10 Å². The molecule has 0 radical (unpaired) electrons. The third-order valence-corrected chi connectivity index (χ3v) is 3.35. The van der Waals surface area contributed by atoms with Gasteiger partial charge in [0.25, 0.3) is 0 Å². The second-order valence-corrected chi connectivity index (χ2v) is 5.04. The number of nitrogens with zero attached hydrogens (tertiary/aromatic N) is 1. The van der Waals surface area contributed by atoms with Gasteiger partial charge in [-0.05, 0) is 47.3 Å². The van der Waals surface area contributed by atoms with Gasteiger partial charge in [0.1, 0.15) is 6.10 Å². The predicted octanol–water partition coefficient (Wildman–Crippen LogP) is 2.61. The minimum atomic E-state index is 0.253. The number of ether oxygens (including phenoxy) is 1. The monoisotopic (exact) mass is 290 g/mol.